The molecule has 1 aliphatic carbocycles. The highest BCUT2D eigenvalue weighted by Gasteiger charge is 2.55. The van der Waals surface area contributed by atoms with Crippen LogP contribution in [0.1, 0.15) is 17.0 Å². The van der Waals surface area contributed by atoms with Crippen molar-refractivity contribution in [2.75, 3.05) is 27.3 Å². The largest absolute Gasteiger partial charge is 0.497 e. The van der Waals surface area contributed by atoms with Gasteiger partial charge in [0.2, 0.25) is 0 Å². The lowest BCUT2D eigenvalue weighted by atomic mass is 10.1. The summed E-state index contributed by atoms with van der Waals surface area (Å²) in [7, 11) is 3.43. The molecular weight excluding hydrogens is 286 g/mol. The van der Waals surface area contributed by atoms with Crippen LogP contribution in [0.25, 0.3) is 0 Å². The van der Waals surface area contributed by atoms with E-state index < -0.39 is 0 Å². The van der Waals surface area contributed by atoms with Gasteiger partial charge in [0.25, 0.3) is 0 Å². The van der Waals surface area contributed by atoms with Gasteiger partial charge in [0, 0.05) is 19.6 Å². The Labute approximate surface area is 137 Å². The third kappa shape index (κ3) is 2.81. The predicted octanol–water partition coefficient (Wildman–Crippen LogP) is 3.55. The van der Waals surface area contributed by atoms with Gasteiger partial charge in [0.15, 0.2) is 0 Å². The second-order valence-electron chi connectivity index (χ2n) is 6.67. The zero-order valence-electron chi connectivity index (χ0n) is 13.7. The van der Waals surface area contributed by atoms with Crippen LogP contribution >= 0.6 is 0 Å². The SMILES string of the molecule is COc1ccc(CN2C[C@@H]3[C@H](C2)[C@H]3c2ccc(OC)cc2)cc1. The number of ether oxygens (including phenoxy) is 2. The van der Waals surface area contributed by atoms with Gasteiger partial charge < -0.3 is 9.47 Å². The van der Waals surface area contributed by atoms with Gasteiger partial charge >= 0.3 is 0 Å². The molecule has 0 N–H and O–H groups in total. The predicted molar refractivity (Wildman–Crippen MR) is 91.0 cm³/mol. The summed E-state index contributed by atoms with van der Waals surface area (Å²) in [5.41, 5.74) is 2.85. The molecule has 1 saturated carbocycles. The average Bonchev–Trinajstić information content (AvgIpc) is 3.11. The van der Waals surface area contributed by atoms with Crippen LogP contribution in [0.3, 0.4) is 0 Å². The van der Waals surface area contributed by atoms with Gasteiger partial charge in [-0.25, -0.2) is 0 Å². The number of likely N-dealkylation sites (tertiary alicyclic amines) is 1. The molecule has 0 aromatic heterocycles. The fourth-order valence-electron chi connectivity index (χ4n) is 4.05. The standard InChI is InChI=1S/C20H23NO2/c1-22-16-7-3-14(4-8-16)11-21-12-18-19(13-21)20(18)15-5-9-17(23-2)10-6-15/h3-10,18-20H,11-13H2,1-2H3/t18-,19+,20+. The fourth-order valence-corrected chi connectivity index (χ4v) is 4.05. The number of methoxy groups -OCH3 is 2. The second-order valence-corrected chi connectivity index (χ2v) is 6.67. The van der Waals surface area contributed by atoms with E-state index in [-0.39, 0.29) is 0 Å². The molecule has 0 amide bonds. The van der Waals surface area contributed by atoms with E-state index in [1.165, 1.54) is 24.2 Å². The molecule has 0 spiro atoms. The first-order valence-electron chi connectivity index (χ1n) is 8.27. The maximum Gasteiger partial charge on any atom is 0.118 e. The molecule has 3 heteroatoms. The van der Waals surface area contributed by atoms with Crippen LogP contribution in [0, 0.1) is 11.8 Å². The molecule has 0 unspecified atom stereocenters. The molecular formula is C20H23NO2. The molecule has 120 valence electrons. The van der Waals surface area contributed by atoms with Gasteiger partial charge in [-0.2, -0.15) is 0 Å². The van der Waals surface area contributed by atoms with Crippen molar-refractivity contribution < 1.29 is 9.47 Å². The van der Waals surface area contributed by atoms with Gasteiger partial charge in [-0.3, -0.25) is 4.90 Å². The fraction of sp³-hybridized carbons (Fsp3) is 0.400. The van der Waals surface area contributed by atoms with E-state index in [1.807, 2.05) is 12.1 Å². The Hall–Kier alpha value is -2.00. The third-order valence-corrected chi connectivity index (χ3v) is 5.34. The summed E-state index contributed by atoms with van der Waals surface area (Å²) in [5.74, 6) is 4.30. The monoisotopic (exact) mass is 309 g/mol. The Kier molecular flexibility index (Phi) is 3.74. The van der Waals surface area contributed by atoms with E-state index in [0.717, 1.165) is 35.8 Å². The van der Waals surface area contributed by atoms with Crippen molar-refractivity contribution in [1.29, 1.82) is 0 Å². The summed E-state index contributed by atoms with van der Waals surface area (Å²) >= 11 is 0. The Morgan fingerprint density at radius 3 is 1.87 bits per heavy atom. The molecule has 0 bridgehead atoms. The molecule has 2 aliphatic rings. The van der Waals surface area contributed by atoms with Crippen LogP contribution in [0.15, 0.2) is 48.5 Å². The number of nitrogens with zero attached hydrogens (tertiary/aromatic N) is 1. The van der Waals surface area contributed by atoms with Gasteiger partial charge in [-0.05, 0) is 53.1 Å². The molecule has 2 aromatic carbocycles. The maximum absolute atomic E-state index is 5.25. The highest BCUT2D eigenvalue weighted by atomic mass is 16.5. The Bertz CT molecular complexity index is 653. The van der Waals surface area contributed by atoms with Crippen molar-refractivity contribution in [2.24, 2.45) is 11.8 Å². The minimum atomic E-state index is 0.757. The molecule has 1 saturated heterocycles. The number of rotatable bonds is 5. The lowest BCUT2D eigenvalue weighted by Gasteiger charge is -2.19. The van der Waals surface area contributed by atoms with Crippen LogP contribution in [0.5, 0.6) is 11.5 Å². The van der Waals surface area contributed by atoms with Crippen LogP contribution in [-0.4, -0.2) is 32.2 Å². The molecule has 4 rings (SSSR count). The minimum Gasteiger partial charge on any atom is -0.497 e. The topological polar surface area (TPSA) is 21.7 Å². The Morgan fingerprint density at radius 2 is 1.35 bits per heavy atom. The summed E-state index contributed by atoms with van der Waals surface area (Å²) in [6.07, 6.45) is 0. The van der Waals surface area contributed by atoms with Crippen LogP contribution in [-0.2, 0) is 6.54 Å². The van der Waals surface area contributed by atoms with Crippen molar-refractivity contribution >= 4 is 0 Å². The average molecular weight is 309 g/mol. The summed E-state index contributed by atoms with van der Waals surface area (Å²) in [6, 6.07) is 17.1. The summed E-state index contributed by atoms with van der Waals surface area (Å²) in [4.78, 5) is 2.58. The molecule has 3 nitrogen and oxygen atoms in total. The molecule has 23 heavy (non-hydrogen) atoms. The van der Waals surface area contributed by atoms with Crippen molar-refractivity contribution in [1.82, 2.24) is 4.90 Å². The van der Waals surface area contributed by atoms with Gasteiger partial charge in [0.1, 0.15) is 11.5 Å². The Morgan fingerprint density at radius 1 is 0.826 bits per heavy atom. The van der Waals surface area contributed by atoms with Gasteiger partial charge in [-0.1, -0.05) is 24.3 Å². The molecule has 1 aliphatic heterocycles. The van der Waals surface area contributed by atoms with Gasteiger partial charge in [-0.15, -0.1) is 0 Å². The first kappa shape index (κ1) is 14.6. The smallest absolute Gasteiger partial charge is 0.118 e. The quantitative estimate of drug-likeness (QED) is 0.843. The van der Waals surface area contributed by atoms with Crippen molar-refractivity contribution in [3.63, 3.8) is 0 Å². The minimum absolute atomic E-state index is 0.757. The zero-order chi connectivity index (χ0) is 15.8. The normalized spacial score (nSPS) is 25.9. The van der Waals surface area contributed by atoms with Crippen LogP contribution in [0.2, 0.25) is 0 Å². The van der Waals surface area contributed by atoms with Gasteiger partial charge in [0.05, 0.1) is 14.2 Å². The van der Waals surface area contributed by atoms with E-state index in [4.69, 9.17) is 9.47 Å². The van der Waals surface area contributed by atoms with Crippen molar-refractivity contribution in [3.8, 4) is 11.5 Å². The highest BCUT2D eigenvalue weighted by Crippen LogP contribution is 2.58. The number of fused-ring (bicyclic) bond motifs is 1. The number of benzene rings is 2. The first-order valence-corrected chi connectivity index (χ1v) is 8.27. The van der Waals surface area contributed by atoms with Crippen LogP contribution < -0.4 is 9.47 Å². The second kappa shape index (κ2) is 5.89. The summed E-state index contributed by atoms with van der Waals surface area (Å²) < 4.78 is 10.5. The van der Waals surface area contributed by atoms with E-state index in [1.54, 1.807) is 14.2 Å². The van der Waals surface area contributed by atoms with E-state index >= 15 is 0 Å². The summed E-state index contributed by atoms with van der Waals surface area (Å²) in [6.45, 7) is 3.48. The zero-order valence-corrected chi connectivity index (χ0v) is 13.7. The van der Waals surface area contributed by atoms with Crippen molar-refractivity contribution in [3.05, 3.63) is 59.7 Å². The summed E-state index contributed by atoms with van der Waals surface area (Å²) in [5, 5.41) is 0. The lowest BCUT2D eigenvalue weighted by molar-refractivity contribution is 0.290. The van der Waals surface area contributed by atoms with E-state index in [9.17, 15) is 0 Å². The number of hydrogen-bond acceptors (Lipinski definition) is 3. The molecule has 2 fully saturated rings. The lowest BCUT2D eigenvalue weighted by Crippen LogP contribution is -2.23. The first-order chi connectivity index (χ1) is 11.3. The molecule has 3 atom stereocenters. The number of piperidine rings is 1. The third-order valence-electron chi connectivity index (χ3n) is 5.34. The molecule has 1 heterocycles. The maximum atomic E-state index is 5.25. The number of hydrogen-bond donors (Lipinski definition) is 0. The Balaban J connectivity index is 1.34. The highest BCUT2D eigenvalue weighted by molar-refractivity contribution is 5.35. The molecule has 0 radical (unpaired) electrons. The van der Waals surface area contributed by atoms with E-state index in [2.05, 4.69) is 41.3 Å². The molecule has 2 aromatic rings. The van der Waals surface area contributed by atoms with Crippen molar-refractivity contribution in [2.45, 2.75) is 12.5 Å². The van der Waals surface area contributed by atoms with E-state index in [0.29, 0.717) is 0 Å². The van der Waals surface area contributed by atoms with Crippen LogP contribution in [0.4, 0.5) is 0 Å².